The molecule has 0 aliphatic carbocycles. The van der Waals surface area contributed by atoms with E-state index in [1.807, 2.05) is 24.3 Å². The second-order valence-electron chi connectivity index (χ2n) is 6.00. The number of nitrogens with zero attached hydrogens (tertiary/aromatic N) is 1. The van der Waals surface area contributed by atoms with Gasteiger partial charge in [0, 0.05) is 24.0 Å². The monoisotopic (exact) mass is 338 g/mol. The zero-order chi connectivity index (χ0) is 17.2. The molecule has 25 heavy (non-hydrogen) atoms. The van der Waals surface area contributed by atoms with Crippen molar-refractivity contribution in [2.75, 3.05) is 30.0 Å². The molecule has 2 heterocycles. The van der Waals surface area contributed by atoms with E-state index in [0.29, 0.717) is 36.9 Å². The van der Waals surface area contributed by atoms with Crippen LogP contribution in [0.5, 0.6) is 11.5 Å². The normalized spacial score (nSPS) is 15.3. The van der Waals surface area contributed by atoms with Gasteiger partial charge in [-0.25, -0.2) is 0 Å². The summed E-state index contributed by atoms with van der Waals surface area (Å²) < 4.78 is 10.9. The Balaban J connectivity index is 1.51. The number of benzene rings is 2. The van der Waals surface area contributed by atoms with Gasteiger partial charge in [0.25, 0.3) is 0 Å². The van der Waals surface area contributed by atoms with Crippen molar-refractivity contribution in [2.24, 2.45) is 0 Å². The summed E-state index contributed by atoms with van der Waals surface area (Å²) in [6, 6.07) is 12.8. The highest BCUT2D eigenvalue weighted by Gasteiger charge is 2.27. The van der Waals surface area contributed by atoms with Crippen molar-refractivity contribution >= 4 is 23.2 Å². The topological polar surface area (TPSA) is 67.9 Å². The number of fused-ring (bicyclic) bond motifs is 2. The molecule has 0 radical (unpaired) electrons. The number of carbonyl (C=O) groups excluding carboxylic acids is 2. The number of carbonyl (C=O) groups is 2. The molecule has 128 valence electrons. The minimum atomic E-state index is -0.659. The lowest BCUT2D eigenvalue weighted by Crippen LogP contribution is -2.42. The Morgan fingerprint density at radius 2 is 1.80 bits per heavy atom. The van der Waals surface area contributed by atoms with E-state index in [1.54, 1.807) is 23.1 Å². The Bertz CT molecular complexity index is 834. The van der Waals surface area contributed by atoms with Crippen molar-refractivity contribution in [3.8, 4) is 11.5 Å². The van der Waals surface area contributed by atoms with Crippen molar-refractivity contribution in [3.63, 3.8) is 0 Å². The molecule has 2 aliphatic heterocycles. The molecule has 2 amide bonds. The average molecular weight is 338 g/mol. The molecule has 4 rings (SSSR count). The zero-order valence-corrected chi connectivity index (χ0v) is 13.7. The lowest BCUT2D eigenvalue weighted by atomic mass is 10.0. The van der Waals surface area contributed by atoms with Crippen molar-refractivity contribution in [3.05, 3.63) is 48.0 Å². The standard InChI is InChI=1S/C19H18N2O4/c22-18(20-14-7-8-16-17(12-14)25-11-10-24-16)19(23)21-9-3-5-13-4-1-2-6-15(13)21/h1-2,4,6-8,12H,3,5,9-11H2,(H,20,22). The van der Waals surface area contributed by atoms with Crippen LogP contribution in [0.3, 0.4) is 0 Å². The van der Waals surface area contributed by atoms with Crippen LogP contribution in [0, 0.1) is 0 Å². The smallest absolute Gasteiger partial charge is 0.316 e. The van der Waals surface area contributed by atoms with Crippen LogP contribution < -0.4 is 19.7 Å². The first-order chi connectivity index (χ1) is 12.2. The Hall–Kier alpha value is -3.02. The molecule has 0 aromatic heterocycles. The molecule has 0 bridgehead atoms. The molecule has 2 aromatic carbocycles. The number of hydrogen-bond acceptors (Lipinski definition) is 4. The highest BCUT2D eigenvalue weighted by atomic mass is 16.6. The summed E-state index contributed by atoms with van der Waals surface area (Å²) in [4.78, 5) is 26.6. The first-order valence-electron chi connectivity index (χ1n) is 8.33. The highest BCUT2D eigenvalue weighted by molar-refractivity contribution is 6.44. The van der Waals surface area contributed by atoms with E-state index in [-0.39, 0.29) is 0 Å². The van der Waals surface area contributed by atoms with Gasteiger partial charge in [0.1, 0.15) is 13.2 Å². The molecular weight excluding hydrogens is 320 g/mol. The third kappa shape index (κ3) is 3.03. The van der Waals surface area contributed by atoms with Crippen LogP contribution in [0.25, 0.3) is 0 Å². The number of anilines is 2. The second kappa shape index (κ2) is 6.47. The maximum absolute atomic E-state index is 12.6. The molecule has 0 unspecified atom stereocenters. The molecule has 0 fully saturated rings. The van der Waals surface area contributed by atoms with E-state index < -0.39 is 11.8 Å². The van der Waals surface area contributed by atoms with Gasteiger partial charge < -0.3 is 19.7 Å². The van der Waals surface area contributed by atoms with Crippen LogP contribution in [-0.4, -0.2) is 31.6 Å². The van der Waals surface area contributed by atoms with Crippen LogP contribution in [0.15, 0.2) is 42.5 Å². The number of rotatable bonds is 1. The van der Waals surface area contributed by atoms with E-state index in [2.05, 4.69) is 5.32 Å². The Morgan fingerprint density at radius 1 is 1.00 bits per heavy atom. The fraction of sp³-hybridized carbons (Fsp3) is 0.263. The van der Waals surface area contributed by atoms with Crippen LogP contribution in [0.4, 0.5) is 11.4 Å². The minimum Gasteiger partial charge on any atom is -0.486 e. The molecular formula is C19H18N2O4. The summed E-state index contributed by atoms with van der Waals surface area (Å²) in [7, 11) is 0. The van der Waals surface area contributed by atoms with Gasteiger partial charge in [-0.2, -0.15) is 0 Å². The first kappa shape index (κ1) is 15.5. The Morgan fingerprint density at radius 3 is 2.68 bits per heavy atom. The summed E-state index contributed by atoms with van der Waals surface area (Å²) >= 11 is 0. The fourth-order valence-corrected chi connectivity index (χ4v) is 3.17. The molecule has 6 heteroatoms. The predicted molar refractivity (Wildman–Crippen MR) is 93.2 cm³/mol. The van der Waals surface area contributed by atoms with E-state index in [4.69, 9.17) is 9.47 Å². The van der Waals surface area contributed by atoms with Gasteiger partial charge >= 0.3 is 11.8 Å². The number of nitrogens with one attached hydrogen (secondary N) is 1. The molecule has 0 spiro atoms. The van der Waals surface area contributed by atoms with Gasteiger partial charge in [-0.3, -0.25) is 9.59 Å². The van der Waals surface area contributed by atoms with Gasteiger partial charge in [-0.15, -0.1) is 0 Å². The molecule has 0 saturated carbocycles. The second-order valence-corrected chi connectivity index (χ2v) is 6.00. The molecule has 0 atom stereocenters. The number of aryl methyl sites for hydroxylation is 1. The van der Waals surface area contributed by atoms with E-state index in [9.17, 15) is 9.59 Å². The van der Waals surface area contributed by atoms with E-state index in [1.165, 1.54) is 0 Å². The molecule has 2 aromatic rings. The average Bonchev–Trinajstić information content (AvgIpc) is 2.67. The number of hydrogen-bond donors (Lipinski definition) is 1. The highest BCUT2D eigenvalue weighted by Crippen LogP contribution is 2.33. The van der Waals surface area contributed by atoms with Gasteiger partial charge in [-0.05, 0) is 36.6 Å². The van der Waals surface area contributed by atoms with Crippen LogP contribution in [0.2, 0.25) is 0 Å². The van der Waals surface area contributed by atoms with Crippen molar-refractivity contribution in [1.29, 1.82) is 0 Å². The fourth-order valence-electron chi connectivity index (χ4n) is 3.17. The van der Waals surface area contributed by atoms with Crippen molar-refractivity contribution in [2.45, 2.75) is 12.8 Å². The number of ether oxygens (including phenoxy) is 2. The van der Waals surface area contributed by atoms with Crippen LogP contribution >= 0.6 is 0 Å². The quantitative estimate of drug-likeness (QED) is 0.811. The third-order valence-corrected chi connectivity index (χ3v) is 4.35. The van der Waals surface area contributed by atoms with Crippen molar-refractivity contribution in [1.82, 2.24) is 0 Å². The maximum Gasteiger partial charge on any atom is 0.316 e. The lowest BCUT2D eigenvalue weighted by Gasteiger charge is -2.28. The van der Waals surface area contributed by atoms with Crippen molar-refractivity contribution < 1.29 is 19.1 Å². The SMILES string of the molecule is O=C(Nc1ccc2c(c1)OCCO2)C(=O)N1CCCc2ccccc21. The molecule has 2 aliphatic rings. The van der Waals surface area contributed by atoms with Gasteiger partial charge in [0.2, 0.25) is 0 Å². The molecule has 0 saturated heterocycles. The molecule has 6 nitrogen and oxygen atoms in total. The third-order valence-electron chi connectivity index (χ3n) is 4.35. The number of para-hydroxylation sites is 1. The van der Waals surface area contributed by atoms with Gasteiger partial charge in [0.05, 0.1) is 0 Å². The number of amides is 2. The van der Waals surface area contributed by atoms with Crippen LogP contribution in [-0.2, 0) is 16.0 Å². The summed E-state index contributed by atoms with van der Waals surface area (Å²) in [6.45, 7) is 1.52. The van der Waals surface area contributed by atoms with Crippen LogP contribution in [0.1, 0.15) is 12.0 Å². The predicted octanol–water partition coefficient (Wildman–Crippen LogP) is 2.38. The maximum atomic E-state index is 12.6. The Kier molecular flexibility index (Phi) is 4.01. The Labute approximate surface area is 145 Å². The summed E-state index contributed by atoms with van der Waals surface area (Å²) in [5.41, 5.74) is 2.41. The lowest BCUT2D eigenvalue weighted by molar-refractivity contribution is -0.134. The summed E-state index contributed by atoms with van der Waals surface area (Å²) in [6.07, 6.45) is 1.77. The molecule has 1 N–H and O–H groups in total. The summed E-state index contributed by atoms with van der Waals surface area (Å²) in [5, 5.41) is 2.65. The minimum absolute atomic E-state index is 0.466. The zero-order valence-electron chi connectivity index (χ0n) is 13.7. The first-order valence-corrected chi connectivity index (χ1v) is 8.33. The van der Waals surface area contributed by atoms with Gasteiger partial charge in [-0.1, -0.05) is 18.2 Å². The summed E-state index contributed by atoms with van der Waals surface area (Å²) in [5.74, 6) is -0.00392. The largest absolute Gasteiger partial charge is 0.486 e. The van der Waals surface area contributed by atoms with E-state index in [0.717, 1.165) is 24.1 Å². The van der Waals surface area contributed by atoms with Gasteiger partial charge in [0.15, 0.2) is 11.5 Å². The van der Waals surface area contributed by atoms with E-state index >= 15 is 0 Å².